The summed E-state index contributed by atoms with van der Waals surface area (Å²) in [7, 11) is 1.58. The molecule has 4 rings (SSSR count). The minimum Gasteiger partial charge on any atom is -0.490 e. The van der Waals surface area contributed by atoms with E-state index in [4.69, 9.17) is 13.9 Å². The summed E-state index contributed by atoms with van der Waals surface area (Å²) in [6, 6.07) is 10.5. The molecule has 0 aliphatic carbocycles. The van der Waals surface area contributed by atoms with E-state index in [9.17, 15) is 9.59 Å². The lowest BCUT2D eigenvalue weighted by atomic mass is 9.97. The average Bonchev–Trinajstić information content (AvgIpc) is 3.04. The highest BCUT2D eigenvalue weighted by molar-refractivity contribution is 5.99. The van der Waals surface area contributed by atoms with E-state index in [2.05, 4.69) is 6.58 Å². The molecule has 1 amide bonds. The fourth-order valence-electron chi connectivity index (χ4n) is 3.94. The van der Waals surface area contributed by atoms with Gasteiger partial charge in [-0.15, -0.1) is 0 Å². The van der Waals surface area contributed by atoms with Crippen LogP contribution in [-0.4, -0.2) is 37.7 Å². The van der Waals surface area contributed by atoms with Gasteiger partial charge in [0.15, 0.2) is 5.43 Å². The zero-order chi connectivity index (χ0) is 22.1. The van der Waals surface area contributed by atoms with Crippen LogP contribution in [-0.2, 0) is 4.74 Å². The summed E-state index contributed by atoms with van der Waals surface area (Å²) >= 11 is 0. The summed E-state index contributed by atoms with van der Waals surface area (Å²) in [4.78, 5) is 28.4. The van der Waals surface area contributed by atoms with Gasteiger partial charge in [0, 0.05) is 13.7 Å². The van der Waals surface area contributed by atoms with E-state index < -0.39 is 6.04 Å². The van der Waals surface area contributed by atoms with Gasteiger partial charge in [0.2, 0.25) is 5.76 Å². The molecule has 160 valence electrons. The number of fused-ring (bicyclic) bond motifs is 2. The van der Waals surface area contributed by atoms with Crippen LogP contribution in [0.15, 0.2) is 58.3 Å². The highest BCUT2D eigenvalue weighted by Gasteiger charge is 2.42. The lowest BCUT2D eigenvalue weighted by Crippen LogP contribution is -2.32. The van der Waals surface area contributed by atoms with Gasteiger partial charge in [0.05, 0.1) is 23.6 Å². The number of carbonyl (C=O) groups excluding carboxylic acids is 1. The van der Waals surface area contributed by atoms with Crippen LogP contribution in [0.4, 0.5) is 0 Å². The molecule has 1 aliphatic rings. The number of amides is 1. The lowest BCUT2D eigenvalue weighted by molar-refractivity contribution is 0.0663. The largest absolute Gasteiger partial charge is 0.490 e. The van der Waals surface area contributed by atoms with Gasteiger partial charge < -0.3 is 18.8 Å². The minimum absolute atomic E-state index is 0.105. The van der Waals surface area contributed by atoms with E-state index >= 15 is 0 Å². The number of carbonyl (C=O) groups is 1. The van der Waals surface area contributed by atoms with Gasteiger partial charge in [-0.25, -0.2) is 0 Å². The summed E-state index contributed by atoms with van der Waals surface area (Å²) < 4.78 is 16.8. The lowest BCUT2D eigenvalue weighted by Gasteiger charge is -2.25. The molecule has 0 saturated heterocycles. The van der Waals surface area contributed by atoms with Crippen molar-refractivity contribution in [1.29, 1.82) is 0 Å². The summed E-state index contributed by atoms with van der Waals surface area (Å²) in [6.45, 7) is 8.65. The SMILES string of the molecule is C=CCOc1ccc([C@H]2c3c(oc4cc(C)c(C)cc4c3=O)C(=O)N2CCOC)cc1. The number of rotatable bonds is 7. The van der Waals surface area contributed by atoms with E-state index in [0.717, 1.165) is 16.7 Å². The molecule has 6 heteroatoms. The zero-order valence-corrected chi connectivity index (χ0v) is 17.9. The molecular weight excluding hydrogens is 394 g/mol. The number of ether oxygens (including phenoxy) is 2. The van der Waals surface area contributed by atoms with Crippen molar-refractivity contribution >= 4 is 16.9 Å². The van der Waals surface area contributed by atoms with Crippen molar-refractivity contribution < 1.29 is 18.7 Å². The molecule has 3 aromatic rings. The molecule has 1 aliphatic heterocycles. The molecule has 6 nitrogen and oxygen atoms in total. The first kappa shape index (κ1) is 20.9. The second-order valence-electron chi connectivity index (χ2n) is 7.67. The van der Waals surface area contributed by atoms with Gasteiger partial charge in [0.25, 0.3) is 5.91 Å². The number of methoxy groups -OCH3 is 1. The Morgan fingerprint density at radius 2 is 1.84 bits per heavy atom. The molecule has 1 atom stereocenters. The second kappa shape index (κ2) is 8.40. The number of hydrogen-bond acceptors (Lipinski definition) is 5. The van der Waals surface area contributed by atoms with Crippen LogP contribution in [0, 0.1) is 13.8 Å². The van der Waals surface area contributed by atoms with E-state index in [0.29, 0.717) is 42.0 Å². The Morgan fingerprint density at radius 1 is 1.13 bits per heavy atom. The number of nitrogens with zero attached hydrogens (tertiary/aromatic N) is 1. The maximum Gasteiger partial charge on any atom is 0.290 e. The first-order valence-electron chi connectivity index (χ1n) is 10.2. The van der Waals surface area contributed by atoms with Crippen molar-refractivity contribution in [2.45, 2.75) is 19.9 Å². The molecule has 0 N–H and O–H groups in total. The zero-order valence-electron chi connectivity index (χ0n) is 17.9. The number of benzene rings is 2. The first-order valence-corrected chi connectivity index (χ1v) is 10.2. The quantitative estimate of drug-likeness (QED) is 0.538. The van der Waals surface area contributed by atoms with Crippen LogP contribution < -0.4 is 10.2 Å². The van der Waals surface area contributed by atoms with Crippen molar-refractivity contribution in [2.75, 3.05) is 26.9 Å². The Balaban J connectivity index is 1.88. The molecule has 0 fully saturated rings. The Hall–Kier alpha value is -3.38. The van der Waals surface area contributed by atoms with Gasteiger partial charge in [-0.1, -0.05) is 24.8 Å². The molecule has 0 spiro atoms. The van der Waals surface area contributed by atoms with Crippen LogP contribution in [0.25, 0.3) is 11.0 Å². The third-order valence-corrected chi connectivity index (χ3v) is 5.68. The molecule has 1 aromatic heterocycles. The van der Waals surface area contributed by atoms with Gasteiger partial charge in [-0.05, 0) is 54.8 Å². The smallest absolute Gasteiger partial charge is 0.290 e. The van der Waals surface area contributed by atoms with Crippen LogP contribution >= 0.6 is 0 Å². The summed E-state index contributed by atoms with van der Waals surface area (Å²) in [5, 5.41) is 0.485. The van der Waals surface area contributed by atoms with Crippen LogP contribution in [0.2, 0.25) is 0 Å². The average molecular weight is 419 g/mol. The molecule has 31 heavy (non-hydrogen) atoms. The van der Waals surface area contributed by atoms with Gasteiger partial charge in [0.1, 0.15) is 17.9 Å². The van der Waals surface area contributed by atoms with Crippen molar-refractivity contribution in [2.24, 2.45) is 0 Å². The molecule has 0 unspecified atom stereocenters. The molecule has 0 saturated carbocycles. The number of hydrogen-bond donors (Lipinski definition) is 0. The van der Waals surface area contributed by atoms with Crippen molar-refractivity contribution in [3.05, 3.63) is 87.3 Å². The molecule has 0 bridgehead atoms. The molecular formula is C25H25NO5. The van der Waals surface area contributed by atoms with Crippen molar-refractivity contribution in [1.82, 2.24) is 4.90 Å². The molecule has 2 aromatic carbocycles. The fraction of sp³-hybridized carbons (Fsp3) is 0.280. The predicted octanol–water partition coefficient (Wildman–Crippen LogP) is 4.17. The Bertz CT molecular complexity index is 1210. The van der Waals surface area contributed by atoms with Crippen molar-refractivity contribution in [3.8, 4) is 5.75 Å². The maximum absolute atomic E-state index is 13.5. The monoisotopic (exact) mass is 419 g/mol. The molecule has 0 radical (unpaired) electrons. The topological polar surface area (TPSA) is 69.0 Å². The normalized spacial score (nSPS) is 15.4. The van der Waals surface area contributed by atoms with E-state index in [1.807, 2.05) is 50.2 Å². The summed E-state index contributed by atoms with van der Waals surface area (Å²) in [5.41, 5.74) is 3.44. The van der Waals surface area contributed by atoms with Crippen LogP contribution in [0.5, 0.6) is 5.75 Å². The van der Waals surface area contributed by atoms with Gasteiger partial charge in [-0.2, -0.15) is 0 Å². The highest BCUT2D eigenvalue weighted by Crippen LogP contribution is 2.38. The highest BCUT2D eigenvalue weighted by atomic mass is 16.5. The second-order valence-corrected chi connectivity index (χ2v) is 7.67. The Morgan fingerprint density at radius 3 is 2.52 bits per heavy atom. The van der Waals surface area contributed by atoms with Crippen molar-refractivity contribution in [3.63, 3.8) is 0 Å². The van der Waals surface area contributed by atoms with E-state index in [-0.39, 0.29) is 17.1 Å². The third-order valence-electron chi connectivity index (χ3n) is 5.68. The Kier molecular flexibility index (Phi) is 5.65. The van der Waals surface area contributed by atoms with E-state index in [1.54, 1.807) is 18.1 Å². The standard InChI is InChI=1S/C25H25NO5/c1-5-11-30-18-8-6-17(7-9-18)22-21-23(27)19-13-15(2)16(3)14-20(19)31-24(21)25(28)26(22)10-12-29-4/h5-9,13-14,22H,1,10-12H2,2-4H3/t22-/m0/s1. The predicted molar refractivity (Wildman–Crippen MR) is 119 cm³/mol. The third kappa shape index (κ3) is 3.64. The van der Waals surface area contributed by atoms with Gasteiger partial charge >= 0.3 is 0 Å². The first-order chi connectivity index (χ1) is 15.0. The van der Waals surface area contributed by atoms with Gasteiger partial charge in [-0.3, -0.25) is 9.59 Å². The number of aryl methyl sites for hydroxylation is 2. The Labute approximate surface area is 180 Å². The fourth-order valence-corrected chi connectivity index (χ4v) is 3.94. The van der Waals surface area contributed by atoms with Crippen LogP contribution in [0.3, 0.4) is 0 Å². The van der Waals surface area contributed by atoms with E-state index in [1.165, 1.54) is 0 Å². The maximum atomic E-state index is 13.5. The molecule has 2 heterocycles. The van der Waals surface area contributed by atoms with Crippen LogP contribution in [0.1, 0.15) is 38.9 Å². The minimum atomic E-state index is -0.548. The summed E-state index contributed by atoms with van der Waals surface area (Å²) in [5.74, 6) is 0.489. The summed E-state index contributed by atoms with van der Waals surface area (Å²) in [6.07, 6.45) is 1.67.